The highest BCUT2D eigenvalue weighted by Crippen LogP contribution is 2.36. The summed E-state index contributed by atoms with van der Waals surface area (Å²) in [5.74, 6) is 2.25. The van der Waals surface area contributed by atoms with Gasteiger partial charge in [0.05, 0.1) is 12.1 Å². The molecule has 138 valence electrons. The van der Waals surface area contributed by atoms with Crippen LogP contribution in [0.15, 0.2) is 46.9 Å². The Hall–Kier alpha value is -2.99. The van der Waals surface area contributed by atoms with Crippen molar-refractivity contribution in [3.8, 4) is 23.0 Å². The number of ether oxygens (including phenoxy) is 2. The average Bonchev–Trinajstić information content (AvgIpc) is 3.27. The van der Waals surface area contributed by atoms with Gasteiger partial charge in [-0.05, 0) is 36.8 Å². The van der Waals surface area contributed by atoms with Crippen LogP contribution >= 0.6 is 11.6 Å². The summed E-state index contributed by atoms with van der Waals surface area (Å²) >= 11 is 6.11. The van der Waals surface area contributed by atoms with E-state index < -0.39 is 0 Å². The van der Waals surface area contributed by atoms with Gasteiger partial charge in [0, 0.05) is 17.1 Å². The van der Waals surface area contributed by atoms with E-state index in [4.69, 9.17) is 25.5 Å². The Morgan fingerprint density at radius 1 is 1.19 bits per heavy atom. The fourth-order valence-corrected chi connectivity index (χ4v) is 3.00. The van der Waals surface area contributed by atoms with E-state index in [0.717, 1.165) is 11.1 Å². The Balaban J connectivity index is 1.44. The minimum atomic E-state index is -0.149. The van der Waals surface area contributed by atoms with Gasteiger partial charge in [0.15, 0.2) is 11.5 Å². The van der Waals surface area contributed by atoms with E-state index in [1.807, 2.05) is 36.4 Å². The molecule has 0 saturated carbocycles. The van der Waals surface area contributed by atoms with Crippen molar-refractivity contribution in [3.05, 3.63) is 64.5 Å². The fraction of sp³-hybridized carbons (Fsp3) is 0.200. The van der Waals surface area contributed by atoms with Crippen LogP contribution in [0.25, 0.3) is 11.5 Å². The zero-order valence-electron chi connectivity index (χ0n) is 14.6. The van der Waals surface area contributed by atoms with Gasteiger partial charge in [-0.2, -0.15) is 0 Å². The summed E-state index contributed by atoms with van der Waals surface area (Å²) in [6, 6.07) is 12.9. The Morgan fingerprint density at radius 2 is 2.00 bits per heavy atom. The van der Waals surface area contributed by atoms with Crippen molar-refractivity contribution in [2.24, 2.45) is 0 Å². The van der Waals surface area contributed by atoms with Crippen LogP contribution in [-0.4, -0.2) is 17.7 Å². The van der Waals surface area contributed by atoms with Gasteiger partial charge in [-0.15, -0.1) is 0 Å². The summed E-state index contributed by atoms with van der Waals surface area (Å²) in [5.41, 5.74) is 2.23. The molecule has 1 aliphatic heterocycles. The van der Waals surface area contributed by atoms with Crippen LogP contribution in [0.5, 0.6) is 11.5 Å². The lowest BCUT2D eigenvalue weighted by molar-refractivity contribution is -0.120. The fourth-order valence-electron chi connectivity index (χ4n) is 2.80. The molecule has 1 aliphatic rings. The number of nitrogens with zero attached hydrogens (tertiary/aromatic N) is 1. The van der Waals surface area contributed by atoms with Crippen LogP contribution in [0, 0.1) is 6.92 Å². The van der Waals surface area contributed by atoms with Crippen molar-refractivity contribution < 1.29 is 18.7 Å². The van der Waals surface area contributed by atoms with Crippen LogP contribution in [0.2, 0.25) is 5.02 Å². The second kappa shape index (κ2) is 7.32. The molecule has 0 spiro atoms. The van der Waals surface area contributed by atoms with Crippen molar-refractivity contribution in [2.45, 2.75) is 19.9 Å². The standard InChI is InChI=1S/C20H17ClN2O4/c1-12-16(9-19(24)22-10-14-4-2-3-5-15(14)21)23-20(27-12)13-6-7-17-18(8-13)26-11-25-17/h2-8H,9-11H2,1H3,(H,22,24). The normalized spacial score (nSPS) is 12.2. The lowest BCUT2D eigenvalue weighted by Gasteiger charge is -2.06. The van der Waals surface area contributed by atoms with Crippen molar-refractivity contribution in [1.82, 2.24) is 10.3 Å². The Morgan fingerprint density at radius 3 is 2.85 bits per heavy atom. The van der Waals surface area contributed by atoms with E-state index in [1.165, 1.54) is 0 Å². The lowest BCUT2D eigenvalue weighted by atomic mass is 10.2. The molecule has 3 aromatic rings. The molecule has 4 rings (SSSR count). The number of aromatic nitrogens is 1. The molecule has 0 radical (unpaired) electrons. The number of halogens is 1. The van der Waals surface area contributed by atoms with E-state index in [1.54, 1.807) is 13.0 Å². The van der Waals surface area contributed by atoms with Crippen molar-refractivity contribution >= 4 is 17.5 Å². The number of hydrogen-bond donors (Lipinski definition) is 1. The number of nitrogens with one attached hydrogen (secondary N) is 1. The maximum atomic E-state index is 12.3. The van der Waals surface area contributed by atoms with Gasteiger partial charge in [0.25, 0.3) is 0 Å². The third-order valence-electron chi connectivity index (χ3n) is 4.27. The highest BCUT2D eigenvalue weighted by molar-refractivity contribution is 6.31. The Kier molecular flexibility index (Phi) is 4.73. The van der Waals surface area contributed by atoms with E-state index in [9.17, 15) is 4.79 Å². The SMILES string of the molecule is Cc1oc(-c2ccc3c(c2)OCO3)nc1CC(=O)NCc1ccccc1Cl. The predicted octanol–water partition coefficient (Wildman–Crippen LogP) is 3.89. The van der Waals surface area contributed by atoms with E-state index >= 15 is 0 Å². The van der Waals surface area contributed by atoms with Gasteiger partial charge < -0.3 is 19.2 Å². The number of benzene rings is 2. The van der Waals surface area contributed by atoms with Gasteiger partial charge >= 0.3 is 0 Å². The first kappa shape index (κ1) is 17.4. The van der Waals surface area contributed by atoms with Crippen LogP contribution in [0.3, 0.4) is 0 Å². The molecule has 6 nitrogen and oxygen atoms in total. The second-order valence-electron chi connectivity index (χ2n) is 6.13. The van der Waals surface area contributed by atoms with Gasteiger partial charge in [-0.3, -0.25) is 4.79 Å². The summed E-state index contributed by atoms with van der Waals surface area (Å²) in [7, 11) is 0. The lowest BCUT2D eigenvalue weighted by Crippen LogP contribution is -2.25. The van der Waals surface area contributed by atoms with Gasteiger partial charge in [-0.25, -0.2) is 4.98 Å². The van der Waals surface area contributed by atoms with E-state index in [2.05, 4.69) is 10.3 Å². The molecule has 1 aromatic heterocycles. The zero-order chi connectivity index (χ0) is 18.8. The molecule has 0 saturated heterocycles. The molecule has 0 aliphatic carbocycles. The molecule has 7 heteroatoms. The molecule has 2 aromatic carbocycles. The first-order valence-electron chi connectivity index (χ1n) is 8.46. The minimum absolute atomic E-state index is 0.129. The summed E-state index contributed by atoms with van der Waals surface area (Å²) in [5, 5.41) is 3.48. The first-order chi connectivity index (χ1) is 13.1. The third kappa shape index (κ3) is 3.75. The zero-order valence-corrected chi connectivity index (χ0v) is 15.4. The first-order valence-corrected chi connectivity index (χ1v) is 8.84. The number of hydrogen-bond acceptors (Lipinski definition) is 5. The molecule has 0 bridgehead atoms. The molecular formula is C20H17ClN2O4. The summed E-state index contributed by atoms with van der Waals surface area (Å²) in [4.78, 5) is 16.7. The molecule has 1 N–H and O–H groups in total. The molecular weight excluding hydrogens is 368 g/mol. The van der Waals surface area contributed by atoms with Crippen molar-refractivity contribution in [1.29, 1.82) is 0 Å². The number of amides is 1. The highest BCUT2D eigenvalue weighted by Gasteiger charge is 2.18. The van der Waals surface area contributed by atoms with E-state index in [-0.39, 0.29) is 19.1 Å². The highest BCUT2D eigenvalue weighted by atomic mass is 35.5. The van der Waals surface area contributed by atoms with Crippen LogP contribution in [-0.2, 0) is 17.8 Å². The monoisotopic (exact) mass is 384 g/mol. The number of rotatable bonds is 5. The number of fused-ring (bicyclic) bond motifs is 1. The number of carbonyl (C=O) groups excluding carboxylic acids is 1. The van der Waals surface area contributed by atoms with Gasteiger partial charge in [0.2, 0.25) is 18.6 Å². The van der Waals surface area contributed by atoms with Crippen LogP contribution in [0.1, 0.15) is 17.0 Å². The van der Waals surface area contributed by atoms with E-state index in [0.29, 0.717) is 40.4 Å². The summed E-state index contributed by atoms with van der Waals surface area (Å²) < 4.78 is 16.4. The predicted molar refractivity (Wildman–Crippen MR) is 99.8 cm³/mol. The Labute approximate surface area is 161 Å². The Bertz CT molecular complexity index is 999. The molecule has 27 heavy (non-hydrogen) atoms. The van der Waals surface area contributed by atoms with Crippen molar-refractivity contribution in [3.63, 3.8) is 0 Å². The molecule has 1 amide bonds. The topological polar surface area (TPSA) is 73.6 Å². The van der Waals surface area contributed by atoms with Crippen molar-refractivity contribution in [2.75, 3.05) is 6.79 Å². The largest absolute Gasteiger partial charge is 0.454 e. The molecule has 2 heterocycles. The maximum Gasteiger partial charge on any atom is 0.231 e. The summed E-state index contributed by atoms with van der Waals surface area (Å²) in [6.45, 7) is 2.37. The van der Waals surface area contributed by atoms with Gasteiger partial charge in [0.1, 0.15) is 5.76 Å². The molecule has 0 fully saturated rings. The smallest absolute Gasteiger partial charge is 0.231 e. The molecule has 0 unspecified atom stereocenters. The number of oxazole rings is 1. The van der Waals surface area contributed by atoms with Crippen LogP contribution in [0.4, 0.5) is 0 Å². The average molecular weight is 385 g/mol. The second-order valence-corrected chi connectivity index (χ2v) is 6.54. The summed E-state index contributed by atoms with van der Waals surface area (Å²) in [6.07, 6.45) is 0.129. The quantitative estimate of drug-likeness (QED) is 0.722. The number of aryl methyl sites for hydroxylation is 1. The van der Waals surface area contributed by atoms with Crippen LogP contribution < -0.4 is 14.8 Å². The number of carbonyl (C=O) groups is 1. The minimum Gasteiger partial charge on any atom is -0.454 e. The third-order valence-corrected chi connectivity index (χ3v) is 4.64. The maximum absolute atomic E-state index is 12.3. The molecule has 0 atom stereocenters. The van der Waals surface area contributed by atoms with Gasteiger partial charge in [-0.1, -0.05) is 29.8 Å².